The highest BCUT2D eigenvalue weighted by atomic mass is 35.5. The Labute approximate surface area is 125 Å². The van der Waals surface area contributed by atoms with Gasteiger partial charge in [0.1, 0.15) is 0 Å². The second-order valence-corrected chi connectivity index (χ2v) is 5.87. The normalized spacial score (nSPS) is 21.1. The van der Waals surface area contributed by atoms with Crippen LogP contribution in [0.5, 0.6) is 0 Å². The average Bonchev–Trinajstić information content (AvgIpc) is 2.37. The lowest BCUT2D eigenvalue weighted by Gasteiger charge is -2.37. The summed E-state index contributed by atoms with van der Waals surface area (Å²) in [5, 5.41) is 7.17. The number of nitrogens with zero attached hydrogens (tertiary/aromatic N) is 1. The van der Waals surface area contributed by atoms with Crippen molar-refractivity contribution in [3.8, 4) is 0 Å². The van der Waals surface area contributed by atoms with Gasteiger partial charge < -0.3 is 15.5 Å². The summed E-state index contributed by atoms with van der Waals surface area (Å²) in [7, 11) is 3.48. The lowest BCUT2D eigenvalue weighted by atomic mass is 9.76. The number of hydrogen-bond donors (Lipinski definition) is 2. The maximum atomic E-state index is 11.3. The Hall–Kier alpha value is -1.26. The van der Waals surface area contributed by atoms with Crippen molar-refractivity contribution in [2.24, 2.45) is 0 Å². The molecule has 1 aromatic carbocycles. The van der Waals surface area contributed by atoms with Crippen LogP contribution in [-0.4, -0.2) is 44.2 Å². The average molecular weight is 296 g/mol. The van der Waals surface area contributed by atoms with Crippen LogP contribution >= 0.6 is 11.6 Å². The predicted octanol–water partition coefficient (Wildman–Crippen LogP) is 2.45. The summed E-state index contributed by atoms with van der Waals surface area (Å²) in [4.78, 5) is 12.9. The van der Waals surface area contributed by atoms with Crippen LogP contribution in [0, 0.1) is 0 Å². The summed E-state index contributed by atoms with van der Waals surface area (Å²) in [5.74, 6) is 0.567. The minimum absolute atomic E-state index is 0.0469. The number of carbonyl (C=O) groups excluding carboxylic acids is 1. The molecule has 0 radical (unpaired) electrons. The van der Waals surface area contributed by atoms with Crippen LogP contribution in [-0.2, 0) is 0 Å². The molecule has 1 aliphatic carbocycles. The zero-order valence-electron chi connectivity index (χ0n) is 12.0. The van der Waals surface area contributed by atoms with E-state index in [9.17, 15) is 4.79 Å². The van der Waals surface area contributed by atoms with E-state index in [1.165, 1.54) is 10.5 Å². The minimum Gasteiger partial charge on any atom is -0.337 e. The first-order valence-corrected chi connectivity index (χ1v) is 7.38. The molecule has 110 valence electrons. The standard InChI is InChI=1S/C15H22ClN3O/c1-19(2)15(20)18-8-7-17-12-9-11(10-12)13-5-3-4-6-14(13)16/h3-6,11-12,17H,7-10H2,1-2H3,(H,18,20). The van der Waals surface area contributed by atoms with Gasteiger partial charge in [-0.3, -0.25) is 0 Å². The number of amides is 2. The molecule has 5 heteroatoms. The predicted molar refractivity (Wildman–Crippen MR) is 82.3 cm³/mol. The van der Waals surface area contributed by atoms with Gasteiger partial charge in [-0.25, -0.2) is 4.79 Å². The molecule has 2 rings (SSSR count). The Balaban J connectivity index is 1.63. The largest absolute Gasteiger partial charge is 0.337 e. The number of rotatable bonds is 5. The molecule has 2 amide bonds. The van der Waals surface area contributed by atoms with Gasteiger partial charge in [0, 0.05) is 38.2 Å². The van der Waals surface area contributed by atoms with Crippen molar-refractivity contribution in [3.63, 3.8) is 0 Å². The second kappa shape index (κ2) is 6.95. The molecule has 0 aliphatic heterocycles. The van der Waals surface area contributed by atoms with Gasteiger partial charge in [-0.2, -0.15) is 0 Å². The summed E-state index contributed by atoms with van der Waals surface area (Å²) in [6.45, 7) is 1.46. The van der Waals surface area contributed by atoms with E-state index in [1.54, 1.807) is 14.1 Å². The van der Waals surface area contributed by atoms with E-state index < -0.39 is 0 Å². The van der Waals surface area contributed by atoms with Gasteiger partial charge in [-0.15, -0.1) is 0 Å². The number of urea groups is 1. The van der Waals surface area contributed by atoms with Crippen molar-refractivity contribution in [3.05, 3.63) is 34.9 Å². The molecule has 1 saturated carbocycles. The molecule has 20 heavy (non-hydrogen) atoms. The second-order valence-electron chi connectivity index (χ2n) is 5.47. The quantitative estimate of drug-likeness (QED) is 0.820. The van der Waals surface area contributed by atoms with E-state index >= 15 is 0 Å². The van der Waals surface area contributed by atoms with E-state index in [-0.39, 0.29) is 6.03 Å². The van der Waals surface area contributed by atoms with Crippen molar-refractivity contribution in [1.29, 1.82) is 0 Å². The van der Waals surface area contributed by atoms with E-state index in [0.29, 0.717) is 18.5 Å². The summed E-state index contributed by atoms with van der Waals surface area (Å²) in [5.41, 5.74) is 1.26. The van der Waals surface area contributed by atoms with Gasteiger partial charge in [0.15, 0.2) is 0 Å². The summed E-state index contributed by atoms with van der Waals surface area (Å²) in [6.07, 6.45) is 2.23. The molecule has 0 heterocycles. The third kappa shape index (κ3) is 3.87. The Morgan fingerprint density at radius 1 is 1.30 bits per heavy atom. The zero-order chi connectivity index (χ0) is 14.5. The van der Waals surface area contributed by atoms with Crippen molar-refractivity contribution in [1.82, 2.24) is 15.5 Å². The van der Waals surface area contributed by atoms with E-state index in [1.807, 2.05) is 18.2 Å². The first kappa shape index (κ1) is 15.1. The van der Waals surface area contributed by atoms with Gasteiger partial charge in [-0.1, -0.05) is 29.8 Å². The van der Waals surface area contributed by atoms with Crippen LogP contribution in [0.15, 0.2) is 24.3 Å². The molecule has 0 saturated heterocycles. The summed E-state index contributed by atoms with van der Waals surface area (Å²) >= 11 is 6.20. The fourth-order valence-electron chi connectivity index (χ4n) is 2.45. The van der Waals surface area contributed by atoms with Crippen LogP contribution < -0.4 is 10.6 Å². The van der Waals surface area contributed by atoms with Crippen molar-refractivity contribution < 1.29 is 4.79 Å². The van der Waals surface area contributed by atoms with Crippen molar-refractivity contribution in [2.45, 2.75) is 24.8 Å². The lowest BCUT2D eigenvalue weighted by molar-refractivity contribution is 0.216. The van der Waals surface area contributed by atoms with Gasteiger partial charge in [-0.05, 0) is 30.4 Å². The monoisotopic (exact) mass is 295 g/mol. The number of hydrogen-bond acceptors (Lipinski definition) is 2. The van der Waals surface area contributed by atoms with Crippen molar-refractivity contribution >= 4 is 17.6 Å². The fourth-order valence-corrected chi connectivity index (χ4v) is 2.74. The van der Waals surface area contributed by atoms with E-state index in [0.717, 1.165) is 24.4 Å². The van der Waals surface area contributed by atoms with Crippen LogP contribution in [0.4, 0.5) is 4.79 Å². The molecule has 4 nitrogen and oxygen atoms in total. The smallest absolute Gasteiger partial charge is 0.316 e. The minimum atomic E-state index is -0.0469. The fraction of sp³-hybridized carbons (Fsp3) is 0.533. The van der Waals surface area contributed by atoms with Crippen LogP contribution in [0.25, 0.3) is 0 Å². The number of nitrogens with one attached hydrogen (secondary N) is 2. The molecule has 1 aliphatic rings. The van der Waals surface area contributed by atoms with Gasteiger partial charge >= 0.3 is 6.03 Å². The highest BCUT2D eigenvalue weighted by Crippen LogP contribution is 2.39. The summed E-state index contributed by atoms with van der Waals surface area (Å²) in [6, 6.07) is 8.56. The van der Waals surface area contributed by atoms with E-state index in [2.05, 4.69) is 16.7 Å². The number of benzene rings is 1. The summed E-state index contributed by atoms with van der Waals surface area (Å²) < 4.78 is 0. The number of carbonyl (C=O) groups is 1. The highest BCUT2D eigenvalue weighted by Gasteiger charge is 2.30. The van der Waals surface area contributed by atoms with E-state index in [4.69, 9.17) is 11.6 Å². The molecule has 2 N–H and O–H groups in total. The Kier molecular flexibility index (Phi) is 5.26. The molecule has 0 spiro atoms. The third-order valence-electron chi connectivity index (χ3n) is 3.72. The molecule has 0 aromatic heterocycles. The maximum absolute atomic E-state index is 11.3. The van der Waals surface area contributed by atoms with Gasteiger partial charge in [0.05, 0.1) is 0 Å². The molecule has 0 unspecified atom stereocenters. The highest BCUT2D eigenvalue weighted by molar-refractivity contribution is 6.31. The molecular formula is C15H22ClN3O. The zero-order valence-corrected chi connectivity index (χ0v) is 12.8. The Bertz CT molecular complexity index is 458. The molecular weight excluding hydrogens is 274 g/mol. The first-order chi connectivity index (χ1) is 9.58. The lowest BCUT2D eigenvalue weighted by Crippen LogP contribution is -2.44. The molecule has 1 aromatic rings. The third-order valence-corrected chi connectivity index (χ3v) is 4.07. The van der Waals surface area contributed by atoms with Crippen LogP contribution in [0.2, 0.25) is 5.02 Å². The molecule has 0 atom stereocenters. The van der Waals surface area contributed by atoms with Gasteiger partial charge in [0.2, 0.25) is 0 Å². The first-order valence-electron chi connectivity index (χ1n) is 7.01. The van der Waals surface area contributed by atoms with Crippen LogP contribution in [0.1, 0.15) is 24.3 Å². The Morgan fingerprint density at radius 2 is 2.00 bits per heavy atom. The maximum Gasteiger partial charge on any atom is 0.316 e. The topological polar surface area (TPSA) is 44.4 Å². The van der Waals surface area contributed by atoms with Crippen LogP contribution in [0.3, 0.4) is 0 Å². The number of halogens is 1. The SMILES string of the molecule is CN(C)C(=O)NCCNC1CC(c2ccccc2Cl)C1. The Morgan fingerprint density at radius 3 is 2.65 bits per heavy atom. The molecule has 1 fully saturated rings. The molecule has 0 bridgehead atoms. The van der Waals surface area contributed by atoms with Crippen molar-refractivity contribution in [2.75, 3.05) is 27.2 Å². The van der Waals surface area contributed by atoms with Gasteiger partial charge in [0.25, 0.3) is 0 Å².